The van der Waals surface area contributed by atoms with Crippen LogP contribution >= 0.6 is 0 Å². The van der Waals surface area contributed by atoms with Crippen LogP contribution in [-0.2, 0) is 9.47 Å². The van der Waals surface area contributed by atoms with E-state index in [4.69, 9.17) is 9.47 Å². The number of halogens is 1. The van der Waals surface area contributed by atoms with Gasteiger partial charge < -0.3 is 14.8 Å². The van der Waals surface area contributed by atoms with Crippen molar-refractivity contribution < 1.29 is 13.9 Å². The molecule has 17 heavy (non-hydrogen) atoms. The highest BCUT2D eigenvalue weighted by Crippen LogP contribution is 2.07. The van der Waals surface area contributed by atoms with E-state index in [0.29, 0.717) is 25.0 Å². The van der Waals surface area contributed by atoms with Crippen molar-refractivity contribution in [2.75, 3.05) is 19.8 Å². The first-order valence-electron chi connectivity index (χ1n) is 5.76. The molecule has 0 bridgehead atoms. The number of ether oxygens (including phenoxy) is 2. The minimum Gasteiger partial charge on any atom is -0.491 e. The molecule has 0 aromatic carbocycles. The molecule has 2 atom stereocenters. The molecule has 0 spiro atoms. The van der Waals surface area contributed by atoms with Crippen molar-refractivity contribution in [1.82, 2.24) is 5.32 Å². The highest BCUT2D eigenvalue weighted by atomic mass is 19.1. The SMILES string of the molecule is C=C/C(=C\C=C(/C)F)OCC1CNC(C)CO1. The van der Waals surface area contributed by atoms with Crippen molar-refractivity contribution in [3.8, 4) is 0 Å². The molecule has 3 nitrogen and oxygen atoms in total. The fraction of sp³-hybridized carbons (Fsp3) is 0.538. The third kappa shape index (κ3) is 5.65. The van der Waals surface area contributed by atoms with Crippen LogP contribution in [0.4, 0.5) is 4.39 Å². The van der Waals surface area contributed by atoms with Crippen LogP contribution < -0.4 is 5.32 Å². The normalized spacial score (nSPS) is 26.8. The van der Waals surface area contributed by atoms with Crippen LogP contribution in [0.3, 0.4) is 0 Å². The van der Waals surface area contributed by atoms with Gasteiger partial charge in [-0.1, -0.05) is 6.58 Å². The maximum absolute atomic E-state index is 12.5. The smallest absolute Gasteiger partial charge is 0.118 e. The molecule has 4 heteroatoms. The molecular formula is C13H20FNO2. The second-order valence-electron chi connectivity index (χ2n) is 4.10. The van der Waals surface area contributed by atoms with Gasteiger partial charge in [-0.25, -0.2) is 4.39 Å². The number of nitrogens with one attached hydrogen (secondary N) is 1. The molecule has 1 saturated heterocycles. The van der Waals surface area contributed by atoms with Gasteiger partial charge in [0.2, 0.25) is 0 Å². The predicted molar refractivity (Wildman–Crippen MR) is 66.3 cm³/mol. The second-order valence-corrected chi connectivity index (χ2v) is 4.10. The minimum absolute atomic E-state index is 0.0324. The van der Waals surface area contributed by atoms with Gasteiger partial charge in [0.15, 0.2) is 0 Å². The molecular weight excluding hydrogens is 221 g/mol. The molecule has 0 saturated carbocycles. The van der Waals surface area contributed by atoms with E-state index < -0.39 is 0 Å². The highest BCUT2D eigenvalue weighted by molar-refractivity contribution is 5.17. The molecule has 2 unspecified atom stereocenters. The summed E-state index contributed by atoms with van der Waals surface area (Å²) >= 11 is 0. The van der Waals surface area contributed by atoms with E-state index in [0.717, 1.165) is 6.54 Å². The lowest BCUT2D eigenvalue weighted by Gasteiger charge is -2.28. The lowest BCUT2D eigenvalue weighted by molar-refractivity contribution is -0.0286. The van der Waals surface area contributed by atoms with E-state index in [-0.39, 0.29) is 11.9 Å². The van der Waals surface area contributed by atoms with Gasteiger partial charge in [-0.2, -0.15) is 0 Å². The minimum atomic E-state index is -0.266. The topological polar surface area (TPSA) is 30.5 Å². The zero-order valence-electron chi connectivity index (χ0n) is 10.4. The Morgan fingerprint density at radius 3 is 2.88 bits per heavy atom. The van der Waals surface area contributed by atoms with Crippen molar-refractivity contribution in [2.24, 2.45) is 0 Å². The highest BCUT2D eigenvalue weighted by Gasteiger charge is 2.18. The Hall–Kier alpha value is -1.13. The summed E-state index contributed by atoms with van der Waals surface area (Å²) < 4.78 is 23.6. The number of hydrogen-bond donors (Lipinski definition) is 1. The Morgan fingerprint density at radius 2 is 2.35 bits per heavy atom. The second kappa shape index (κ2) is 7.25. The van der Waals surface area contributed by atoms with Gasteiger partial charge in [-0.3, -0.25) is 0 Å². The molecule has 1 rings (SSSR count). The molecule has 1 aliphatic rings. The third-order valence-corrected chi connectivity index (χ3v) is 2.39. The van der Waals surface area contributed by atoms with Crippen molar-refractivity contribution in [2.45, 2.75) is 26.0 Å². The van der Waals surface area contributed by atoms with Crippen LogP contribution in [0, 0.1) is 0 Å². The van der Waals surface area contributed by atoms with E-state index in [2.05, 4.69) is 18.8 Å². The van der Waals surface area contributed by atoms with Gasteiger partial charge in [-0.15, -0.1) is 0 Å². The molecule has 0 amide bonds. The van der Waals surface area contributed by atoms with Crippen molar-refractivity contribution in [1.29, 1.82) is 0 Å². The number of allylic oxidation sites excluding steroid dienone is 4. The number of hydrogen-bond acceptors (Lipinski definition) is 3. The van der Waals surface area contributed by atoms with Crippen LogP contribution in [0.2, 0.25) is 0 Å². The molecule has 0 radical (unpaired) electrons. The van der Waals surface area contributed by atoms with Crippen molar-refractivity contribution in [3.05, 3.63) is 36.4 Å². The predicted octanol–water partition coefficient (Wildman–Crippen LogP) is 2.32. The fourth-order valence-corrected chi connectivity index (χ4v) is 1.40. The van der Waals surface area contributed by atoms with Crippen molar-refractivity contribution >= 4 is 0 Å². The summed E-state index contributed by atoms with van der Waals surface area (Å²) in [6.45, 7) is 8.96. The molecule has 1 heterocycles. The maximum atomic E-state index is 12.5. The quantitative estimate of drug-likeness (QED) is 0.592. The van der Waals surface area contributed by atoms with E-state index >= 15 is 0 Å². The molecule has 0 aromatic heterocycles. The Morgan fingerprint density at radius 1 is 1.59 bits per heavy atom. The van der Waals surface area contributed by atoms with Gasteiger partial charge in [0, 0.05) is 12.6 Å². The number of rotatable bonds is 5. The molecule has 0 aromatic rings. The van der Waals surface area contributed by atoms with Crippen LogP contribution in [0.5, 0.6) is 0 Å². The number of morpholine rings is 1. The molecule has 1 N–H and O–H groups in total. The van der Waals surface area contributed by atoms with Gasteiger partial charge >= 0.3 is 0 Å². The van der Waals surface area contributed by atoms with Crippen LogP contribution in [0.1, 0.15) is 13.8 Å². The van der Waals surface area contributed by atoms with Gasteiger partial charge in [0.1, 0.15) is 18.5 Å². The zero-order valence-corrected chi connectivity index (χ0v) is 10.4. The summed E-state index contributed by atoms with van der Waals surface area (Å²) in [4.78, 5) is 0. The van der Waals surface area contributed by atoms with Gasteiger partial charge in [0.05, 0.1) is 12.4 Å². The summed E-state index contributed by atoms with van der Waals surface area (Å²) in [6.07, 6.45) is 4.49. The summed E-state index contributed by atoms with van der Waals surface area (Å²) in [5.41, 5.74) is 0. The molecule has 0 aliphatic carbocycles. The standard InChI is InChI=1S/C13H20FNO2/c1-4-12(6-5-10(2)14)17-9-13-7-15-11(3)8-16-13/h4-6,11,13,15H,1,7-9H2,2-3H3/b10-5+,12-6+. The lowest BCUT2D eigenvalue weighted by Crippen LogP contribution is -2.46. The van der Waals surface area contributed by atoms with Gasteiger partial charge in [0.25, 0.3) is 0 Å². The summed E-state index contributed by atoms with van der Waals surface area (Å²) in [5, 5.41) is 3.30. The average Bonchev–Trinajstić information content (AvgIpc) is 2.31. The first kappa shape index (κ1) is 13.9. The van der Waals surface area contributed by atoms with E-state index in [1.807, 2.05) is 0 Å². The Balaban J connectivity index is 2.35. The lowest BCUT2D eigenvalue weighted by atomic mass is 10.2. The van der Waals surface area contributed by atoms with Crippen LogP contribution in [-0.4, -0.2) is 31.9 Å². The Kier molecular flexibility index (Phi) is 5.94. The fourth-order valence-electron chi connectivity index (χ4n) is 1.40. The Labute approximate surface area is 102 Å². The van der Waals surface area contributed by atoms with E-state index in [1.54, 1.807) is 12.2 Å². The average molecular weight is 241 g/mol. The molecule has 1 aliphatic heterocycles. The van der Waals surface area contributed by atoms with Crippen LogP contribution in [0.15, 0.2) is 36.4 Å². The third-order valence-electron chi connectivity index (χ3n) is 2.39. The summed E-state index contributed by atoms with van der Waals surface area (Å²) in [7, 11) is 0. The molecule has 96 valence electrons. The molecule has 1 fully saturated rings. The Bertz CT molecular complexity index is 301. The largest absolute Gasteiger partial charge is 0.491 e. The summed E-state index contributed by atoms with van der Waals surface area (Å²) in [5.74, 6) is 0.279. The van der Waals surface area contributed by atoms with Gasteiger partial charge in [-0.05, 0) is 32.1 Å². The van der Waals surface area contributed by atoms with Crippen LogP contribution in [0.25, 0.3) is 0 Å². The summed E-state index contributed by atoms with van der Waals surface area (Å²) in [6, 6.07) is 0.387. The first-order chi connectivity index (χ1) is 8.11. The first-order valence-corrected chi connectivity index (χ1v) is 5.76. The van der Waals surface area contributed by atoms with E-state index in [9.17, 15) is 4.39 Å². The monoisotopic (exact) mass is 241 g/mol. The van der Waals surface area contributed by atoms with E-state index in [1.165, 1.54) is 13.0 Å². The maximum Gasteiger partial charge on any atom is 0.118 e. The van der Waals surface area contributed by atoms with Crippen molar-refractivity contribution in [3.63, 3.8) is 0 Å². The zero-order chi connectivity index (χ0) is 12.7.